The molecule has 0 aliphatic rings. The first-order valence-corrected chi connectivity index (χ1v) is 9.21. The molecule has 29 heavy (non-hydrogen) atoms. The van der Waals surface area contributed by atoms with Crippen LogP contribution in [0.3, 0.4) is 0 Å². The number of hydrogen-bond donors (Lipinski definition) is 1. The summed E-state index contributed by atoms with van der Waals surface area (Å²) in [6.07, 6.45) is 1.70. The molecule has 0 aliphatic carbocycles. The molecule has 2 heterocycles. The molecule has 0 saturated carbocycles. The van der Waals surface area contributed by atoms with Gasteiger partial charge in [-0.3, -0.25) is 4.79 Å². The van der Waals surface area contributed by atoms with E-state index in [1.54, 1.807) is 36.0 Å². The smallest absolute Gasteiger partial charge is 0.276 e. The molecule has 7 heteroatoms. The number of benzene rings is 2. The van der Waals surface area contributed by atoms with Gasteiger partial charge in [-0.05, 0) is 61.5 Å². The van der Waals surface area contributed by atoms with Crippen LogP contribution in [-0.4, -0.2) is 34.2 Å². The van der Waals surface area contributed by atoms with Gasteiger partial charge in [-0.25, -0.2) is 9.50 Å². The van der Waals surface area contributed by atoms with Crippen LogP contribution in [0.2, 0.25) is 0 Å². The van der Waals surface area contributed by atoms with E-state index in [0.717, 1.165) is 22.8 Å². The summed E-state index contributed by atoms with van der Waals surface area (Å²) in [5, 5.41) is 7.31. The molecule has 0 aliphatic heterocycles. The highest BCUT2D eigenvalue weighted by Crippen LogP contribution is 2.23. The van der Waals surface area contributed by atoms with Gasteiger partial charge in [0.05, 0.1) is 19.4 Å². The van der Waals surface area contributed by atoms with E-state index in [-0.39, 0.29) is 11.6 Å². The van der Waals surface area contributed by atoms with E-state index in [2.05, 4.69) is 15.4 Å². The largest absolute Gasteiger partial charge is 0.497 e. The molecule has 0 bridgehead atoms. The Morgan fingerprint density at radius 1 is 1.03 bits per heavy atom. The Bertz CT molecular complexity index is 1140. The lowest BCUT2D eigenvalue weighted by Crippen LogP contribution is -2.12. The Hall–Kier alpha value is -3.87. The maximum atomic E-state index is 12.7. The van der Waals surface area contributed by atoms with E-state index in [4.69, 9.17) is 9.47 Å². The molecule has 0 atom stereocenters. The lowest BCUT2D eigenvalue weighted by molar-refractivity contribution is 0.102. The minimum Gasteiger partial charge on any atom is -0.497 e. The van der Waals surface area contributed by atoms with Crippen LogP contribution >= 0.6 is 0 Å². The fraction of sp³-hybridized carbons (Fsp3) is 0.136. The third kappa shape index (κ3) is 3.89. The second kappa shape index (κ2) is 8.02. The first kappa shape index (κ1) is 18.5. The van der Waals surface area contributed by atoms with Gasteiger partial charge in [0.25, 0.3) is 5.91 Å². The number of methoxy groups -OCH3 is 1. The van der Waals surface area contributed by atoms with Gasteiger partial charge in [0.2, 0.25) is 0 Å². The van der Waals surface area contributed by atoms with Crippen molar-refractivity contribution in [1.82, 2.24) is 14.6 Å². The van der Waals surface area contributed by atoms with E-state index in [1.165, 1.54) is 0 Å². The lowest BCUT2D eigenvalue weighted by Gasteiger charge is -2.06. The molecule has 0 radical (unpaired) electrons. The molecule has 4 aromatic rings. The number of carbonyl (C=O) groups excluding carboxylic acids is 1. The molecule has 0 spiro atoms. The zero-order chi connectivity index (χ0) is 20.2. The van der Waals surface area contributed by atoms with E-state index < -0.39 is 0 Å². The van der Waals surface area contributed by atoms with Crippen molar-refractivity contribution < 1.29 is 14.3 Å². The number of amides is 1. The Morgan fingerprint density at radius 2 is 1.76 bits per heavy atom. The first-order chi connectivity index (χ1) is 14.2. The van der Waals surface area contributed by atoms with Gasteiger partial charge in [0.15, 0.2) is 11.3 Å². The number of nitrogens with zero attached hydrogens (tertiary/aromatic N) is 3. The quantitative estimate of drug-likeness (QED) is 0.539. The van der Waals surface area contributed by atoms with E-state index in [1.807, 2.05) is 49.4 Å². The number of ether oxygens (including phenoxy) is 2. The number of hydrogen-bond acceptors (Lipinski definition) is 5. The normalized spacial score (nSPS) is 10.7. The van der Waals surface area contributed by atoms with Crippen molar-refractivity contribution in [2.75, 3.05) is 19.0 Å². The van der Waals surface area contributed by atoms with Crippen molar-refractivity contribution in [2.45, 2.75) is 6.92 Å². The van der Waals surface area contributed by atoms with Crippen molar-refractivity contribution in [2.24, 2.45) is 0 Å². The van der Waals surface area contributed by atoms with Crippen LogP contribution in [0.5, 0.6) is 11.5 Å². The van der Waals surface area contributed by atoms with Crippen LogP contribution in [0, 0.1) is 0 Å². The van der Waals surface area contributed by atoms with Gasteiger partial charge in [-0.2, -0.15) is 5.10 Å². The van der Waals surface area contributed by atoms with Crippen LogP contribution in [0.25, 0.3) is 16.9 Å². The topological polar surface area (TPSA) is 77.8 Å². The third-order valence-corrected chi connectivity index (χ3v) is 4.40. The van der Waals surface area contributed by atoms with Gasteiger partial charge < -0.3 is 14.8 Å². The van der Waals surface area contributed by atoms with E-state index in [9.17, 15) is 4.79 Å². The Morgan fingerprint density at radius 3 is 2.45 bits per heavy atom. The number of anilines is 1. The van der Waals surface area contributed by atoms with Crippen molar-refractivity contribution in [3.63, 3.8) is 0 Å². The molecule has 1 amide bonds. The lowest BCUT2D eigenvalue weighted by atomic mass is 10.1. The van der Waals surface area contributed by atoms with E-state index >= 15 is 0 Å². The average Bonchev–Trinajstić information content (AvgIpc) is 3.20. The van der Waals surface area contributed by atoms with E-state index in [0.29, 0.717) is 17.9 Å². The minimum absolute atomic E-state index is 0.285. The zero-order valence-corrected chi connectivity index (χ0v) is 16.1. The highest BCUT2D eigenvalue weighted by Gasteiger charge is 2.14. The fourth-order valence-corrected chi connectivity index (χ4v) is 2.98. The van der Waals surface area contributed by atoms with Crippen molar-refractivity contribution in [1.29, 1.82) is 0 Å². The number of carbonyl (C=O) groups is 1. The standard InChI is InChI=1S/C22H20N4O3/c1-3-29-18-10-6-16(7-11-18)24-22(27)19-14-21-23-13-12-20(26(21)25-19)15-4-8-17(28-2)9-5-15/h4-14H,3H2,1-2H3,(H,24,27). The summed E-state index contributed by atoms with van der Waals surface area (Å²) in [6, 6.07) is 18.4. The summed E-state index contributed by atoms with van der Waals surface area (Å²) < 4.78 is 12.3. The fourth-order valence-electron chi connectivity index (χ4n) is 2.98. The highest BCUT2D eigenvalue weighted by atomic mass is 16.5. The second-order valence-corrected chi connectivity index (χ2v) is 6.27. The Balaban J connectivity index is 1.60. The summed E-state index contributed by atoms with van der Waals surface area (Å²) in [5.74, 6) is 1.22. The van der Waals surface area contributed by atoms with Crippen LogP contribution in [-0.2, 0) is 0 Å². The molecule has 0 saturated heterocycles. The molecule has 1 N–H and O–H groups in total. The van der Waals surface area contributed by atoms with Crippen molar-refractivity contribution >= 4 is 17.2 Å². The highest BCUT2D eigenvalue weighted by molar-refractivity contribution is 6.03. The molecule has 7 nitrogen and oxygen atoms in total. The summed E-state index contributed by atoms with van der Waals surface area (Å²) in [6.45, 7) is 2.52. The molecule has 4 rings (SSSR count). The van der Waals surface area contributed by atoms with Gasteiger partial charge in [0.1, 0.15) is 11.5 Å². The molecule has 0 fully saturated rings. The van der Waals surface area contributed by atoms with Gasteiger partial charge in [0, 0.05) is 23.5 Å². The molecule has 146 valence electrons. The first-order valence-electron chi connectivity index (χ1n) is 9.21. The van der Waals surface area contributed by atoms with Crippen LogP contribution in [0.4, 0.5) is 5.69 Å². The van der Waals surface area contributed by atoms with Gasteiger partial charge >= 0.3 is 0 Å². The third-order valence-electron chi connectivity index (χ3n) is 4.40. The minimum atomic E-state index is -0.305. The maximum absolute atomic E-state index is 12.7. The average molecular weight is 388 g/mol. The van der Waals surface area contributed by atoms with Gasteiger partial charge in [-0.1, -0.05) is 0 Å². The van der Waals surface area contributed by atoms with Crippen molar-refractivity contribution in [3.05, 3.63) is 72.6 Å². The maximum Gasteiger partial charge on any atom is 0.276 e. The Kier molecular flexibility index (Phi) is 5.11. The summed E-state index contributed by atoms with van der Waals surface area (Å²) >= 11 is 0. The molecule has 2 aromatic carbocycles. The number of aromatic nitrogens is 3. The van der Waals surface area contributed by atoms with Gasteiger partial charge in [-0.15, -0.1) is 0 Å². The van der Waals surface area contributed by atoms with Crippen molar-refractivity contribution in [3.8, 4) is 22.8 Å². The number of nitrogens with one attached hydrogen (secondary N) is 1. The van der Waals surface area contributed by atoms with Crippen LogP contribution < -0.4 is 14.8 Å². The predicted octanol–water partition coefficient (Wildman–Crippen LogP) is 4.06. The molecule has 0 unspecified atom stereocenters. The summed E-state index contributed by atoms with van der Waals surface area (Å²) in [5.41, 5.74) is 3.32. The summed E-state index contributed by atoms with van der Waals surface area (Å²) in [4.78, 5) is 17.0. The van der Waals surface area contributed by atoms with Crippen LogP contribution in [0.1, 0.15) is 17.4 Å². The number of rotatable bonds is 6. The monoisotopic (exact) mass is 388 g/mol. The second-order valence-electron chi connectivity index (χ2n) is 6.27. The van der Waals surface area contributed by atoms with Crippen LogP contribution in [0.15, 0.2) is 66.9 Å². The number of fused-ring (bicyclic) bond motifs is 1. The summed E-state index contributed by atoms with van der Waals surface area (Å²) in [7, 11) is 1.63. The molecular weight excluding hydrogens is 368 g/mol. The Labute approximate surface area is 167 Å². The predicted molar refractivity (Wildman–Crippen MR) is 111 cm³/mol. The molecule has 2 aromatic heterocycles. The SMILES string of the molecule is CCOc1ccc(NC(=O)c2cc3nccc(-c4ccc(OC)cc4)n3n2)cc1. The zero-order valence-electron chi connectivity index (χ0n) is 16.1. The molecular formula is C22H20N4O3.